The number of fused-ring (bicyclic) bond motifs is 1. The lowest BCUT2D eigenvalue weighted by Gasteiger charge is -2.26. The molecule has 1 aliphatic rings. The zero-order chi connectivity index (χ0) is 18.3. The van der Waals surface area contributed by atoms with Gasteiger partial charge < -0.3 is 4.90 Å². The molecule has 26 heavy (non-hydrogen) atoms. The largest absolute Gasteiger partial charge is 0.337 e. The summed E-state index contributed by atoms with van der Waals surface area (Å²) in [5.41, 5.74) is 3.75. The van der Waals surface area contributed by atoms with E-state index >= 15 is 0 Å². The van der Waals surface area contributed by atoms with Gasteiger partial charge in [0.1, 0.15) is 6.54 Å². The lowest BCUT2D eigenvalue weighted by atomic mass is 10.0. The number of aryl methyl sites for hydroxylation is 2. The highest BCUT2D eigenvalue weighted by molar-refractivity contribution is 5.81. The van der Waals surface area contributed by atoms with E-state index in [4.69, 9.17) is 0 Å². The third-order valence-corrected chi connectivity index (χ3v) is 5.06. The maximum Gasteiger partial charge on any atom is 0.329 e. The van der Waals surface area contributed by atoms with Crippen molar-refractivity contribution in [2.45, 2.75) is 13.0 Å². The first-order valence-electron chi connectivity index (χ1n) is 8.65. The van der Waals surface area contributed by atoms with Crippen LogP contribution >= 0.6 is 0 Å². The Morgan fingerprint density at radius 2 is 1.92 bits per heavy atom. The lowest BCUT2D eigenvalue weighted by Crippen LogP contribution is -2.39. The average molecular weight is 351 g/mol. The van der Waals surface area contributed by atoms with Gasteiger partial charge in [-0.25, -0.2) is 4.79 Å². The maximum atomic E-state index is 12.7. The standard InChI is InChI=1S/C19H21N5O2/c1-21-16-5-3-4-6-17(16)24(19(21)26)13-18(25)23-11-8-14(9-12-23)15-7-10-20-22(15)2/h3-8,10H,9,11-13H2,1-2H3. The first kappa shape index (κ1) is 16.4. The zero-order valence-electron chi connectivity index (χ0n) is 14.9. The van der Waals surface area contributed by atoms with Crippen molar-refractivity contribution in [3.8, 4) is 0 Å². The van der Waals surface area contributed by atoms with Crippen LogP contribution in [0.2, 0.25) is 0 Å². The van der Waals surface area contributed by atoms with Crippen LogP contribution in [0.1, 0.15) is 12.1 Å². The molecule has 0 radical (unpaired) electrons. The molecule has 134 valence electrons. The van der Waals surface area contributed by atoms with Gasteiger partial charge in [-0.05, 0) is 30.2 Å². The molecule has 0 aliphatic carbocycles. The normalized spacial score (nSPS) is 14.7. The number of imidazole rings is 1. The van der Waals surface area contributed by atoms with Crippen LogP contribution < -0.4 is 5.69 Å². The van der Waals surface area contributed by atoms with E-state index in [0.717, 1.165) is 23.1 Å². The lowest BCUT2D eigenvalue weighted by molar-refractivity contribution is -0.131. The van der Waals surface area contributed by atoms with Crippen molar-refractivity contribution in [1.29, 1.82) is 0 Å². The Hall–Kier alpha value is -3.09. The van der Waals surface area contributed by atoms with Crippen molar-refractivity contribution in [3.63, 3.8) is 0 Å². The Bertz CT molecular complexity index is 1070. The van der Waals surface area contributed by atoms with E-state index in [9.17, 15) is 9.59 Å². The minimum absolute atomic E-state index is 0.0382. The number of para-hydroxylation sites is 2. The van der Waals surface area contributed by atoms with E-state index < -0.39 is 0 Å². The van der Waals surface area contributed by atoms with Gasteiger partial charge in [-0.3, -0.25) is 18.6 Å². The summed E-state index contributed by atoms with van der Waals surface area (Å²) in [6, 6.07) is 9.52. The number of carbonyl (C=O) groups excluding carboxylic acids is 1. The van der Waals surface area contributed by atoms with Gasteiger partial charge in [-0.15, -0.1) is 0 Å². The SMILES string of the molecule is Cn1nccc1C1=CCN(C(=O)Cn2c(=O)n(C)c3ccccc32)CC1. The second-order valence-electron chi connectivity index (χ2n) is 6.58. The highest BCUT2D eigenvalue weighted by Crippen LogP contribution is 2.22. The van der Waals surface area contributed by atoms with Crippen LogP contribution in [-0.2, 0) is 25.4 Å². The Labute approximate surface area is 150 Å². The van der Waals surface area contributed by atoms with Crippen LogP contribution in [0.15, 0.2) is 47.4 Å². The molecule has 7 heteroatoms. The van der Waals surface area contributed by atoms with E-state index in [0.29, 0.717) is 13.1 Å². The zero-order valence-corrected chi connectivity index (χ0v) is 14.9. The Morgan fingerprint density at radius 3 is 2.58 bits per heavy atom. The topological polar surface area (TPSA) is 65.1 Å². The van der Waals surface area contributed by atoms with E-state index in [1.165, 1.54) is 5.57 Å². The van der Waals surface area contributed by atoms with Crippen molar-refractivity contribution >= 4 is 22.5 Å². The average Bonchev–Trinajstić information content (AvgIpc) is 3.19. The Kier molecular flexibility index (Phi) is 3.99. The van der Waals surface area contributed by atoms with Crippen LogP contribution in [0.4, 0.5) is 0 Å². The number of nitrogens with zero attached hydrogens (tertiary/aromatic N) is 5. The molecule has 1 amide bonds. The van der Waals surface area contributed by atoms with Crippen molar-refractivity contribution in [2.75, 3.05) is 13.1 Å². The van der Waals surface area contributed by atoms with Gasteiger partial charge in [0.25, 0.3) is 0 Å². The quantitative estimate of drug-likeness (QED) is 0.716. The van der Waals surface area contributed by atoms with Crippen LogP contribution in [0.3, 0.4) is 0 Å². The van der Waals surface area contributed by atoms with Crippen molar-refractivity contribution < 1.29 is 4.79 Å². The predicted molar refractivity (Wildman–Crippen MR) is 99.6 cm³/mol. The molecule has 0 atom stereocenters. The molecule has 0 fully saturated rings. The molecule has 0 spiro atoms. The Balaban J connectivity index is 1.54. The fraction of sp³-hybridized carbons (Fsp3) is 0.316. The molecule has 0 unspecified atom stereocenters. The predicted octanol–water partition coefficient (Wildman–Crippen LogP) is 1.39. The van der Waals surface area contributed by atoms with Gasteiger partial charge in [0.05, 0.1) is 16.7 Å². The van der Waals surface area contributed by atoms with Gasteiger partial charge in [0.2, 0.25) is 5.91 Å². The maximum absolute atomic E-state index is 12.7. The van der Waals surface area contributed by atoms with Crippen LogP contribution in [0.5, 0.6) is 0 Å². The van der Waals surface area contributed by atoms with E-state index in [1.54, 1.807) is 27.3 Å². The van der Waals surface area contributed by atoms with Gasteiger partial charge >= 0.3 is 5.69 Å². The number of carbonyl (C=O) groups is 1. The third-order valence-electron chi connectivity index (χ3n) is 5.06. The molecule has 0 saturated heterocycles. The molecule has 2 aromatic heterocycles. The molecule has 0 bridgehead atoms. The van der Waals surface area contributed by atoms with Crippen LogP contribution in [0.25, 0.3) is 16.6 Å². The van der Waals surface area contributed by atoms with Gasteiger partial charge in [-0.1, -0.05) is 18.2 Å². The highest BCUT2D eigenvalue weighted by Gasteiger charge is 2.21. The second-order valence-corrected chi connectivity index (χ2v) is 6.58. The number of aromatic nitrogens is 4. The van der Waals surface area contributed by atoms with E-state index in [2.05, 4.69) is 11.2 Å². The summed E-state index contributed by atoms with van der Waals surface area (Å²) in [6.45, 7) is 1.27. The van der Waals surface area contributed by atoms with Crippen molar-refractivity contribution in [3.05, 3.63) is 58.8 Å². The molecule has 7 nitrogen and oxygen atoms in total. The highest BCUT2D eigenvalue weighted by atomic mass is 16.2. The molecular formula is C19H21N5O2. The van der Waals surface area contributed by atoms with Gasteiger partial charge in [-0.2, -0.15) is 5.10 Å². The summed E-state index contributed by atoms with van der Waals surface area (Å²) in [7, 11) is 3.65. The minimum atomic E-state index is -0.164. The fourth-order valence-corrected chi connectivity index (χ4v) is 3.57. The number of benzene rings is 1. The number of hydrogen-bond donors (Lipinski definition) is 0. The van der Waals surface area contributed by atoms with Crippen molar-refractivity contribution in [1.82, 2.24) is 23.8 Å². The molecule has 1 aromatic carbocycles. The number of rotatable bonds is 3. The summed E-state index contributed by atoms with van der Waals surface area (Å²) in [5.74, 6) is -0.0382. The van der Waals surface area contributed by atoms with Gasteiger partial charge in [0.15, 0.2) is 0 Å². The second kappa shape index (κ2) is 6.33. The summed E-state index contributed by atoms with van der Waals surface area (Å²) < 4.78 is 4.98. The Morgan fingerprint density at radius 1 is 1.15 bits per heavy atom. The molecular weight excluding hydrogens is 330 g/mol. The molecule has 0 saturated carbocycles. The number of hydrogen-bond acceptors (Lipinski definition) is 3. The smallest absolute Gasteiger partial charge is 0.329 e. The molecule has 0 N–H and O–H groups in total. The van der Waals surface area contributed by atoms with Crippen LogP contribution in [0, 0.1) is 0 Å². The van der Waals surface area contributed by atoms with E-state index in [-0.39, 0.29) is 18.1 Å². The molecule has 3 heterocycles. The fourth-order valence-electron chi connectivity index (χ4n) is 3.57. The van der Waals surface area contributed by atoms with E-state index in [1.807, 2.05) is 42.1 Å². The first-order chi connectivity index (χ1) is 12.6. The summed E-state index contributed by atoms with van der Waals surface area (Å²) in [5, 5.41) is 4.20. The number of amides is 1. The summed E-state index contributed by atoms with van der Waals surface area (Å²) in [6.07, 6.45) is 4.64. The third kappa shape index (κ3) is 2.65. The molecule has 1 aliphatic heterocycles. The molecule has 4 rings (SSSR count). The summed E-state index contributed by atoms with van der Waals surface area (Å²) >= 11 is 0. The monoisotopic (exact) mass is 351 g/mol. The first-order valence-corrected chi connectivity index (χ1v) is 8.65. The summed E-state index contributed by atoms with van der Waals surface area (Å²) in [4.78, 5) is 27.0. The van der Waals surface area contributed by atoms with Crippen molar-refractivity contribution in [2.24, 2.45) is 14.1 Å². The van der Waals surface area contributed by atoms with Gasteiger partial charge in [0, 0.05) is 33.4 Å². The minimum Gasteiger partial charge on any atom is -0.337 e. The van der Waals surface area contributed by atoms with Crippen LogP contribution in [-0.4, -0.2) is 42.8 Å². The molecule has 3 aromatic rings.